The number of hydrogen-bond donors (Lipinski definition) is 2. The molecular formula is C25H27N3O5. The van der Waals surface area contributed by atoms with E-state index in [4.69, 9.17) is 9.47 Å². The molecule has 33 heavy (non-hydrogen) atoms. The van der Waals surface area contributed by atoms with Gasteiger partial charge in [0, 0.05) is 11.6 Å². The molecule has 0 radical (unpaired) electrons. The van der Waals surface area contributed by atoms with Gasteiger partial charge >= 0.3 is 5.69 Å². The number of aromatic nitrogens is 2. The fourth-order valence-corrected chi connectivity index (χ4v) is 4.80. The summed E-state index contributed by atoms with van der Waals surface area (Å²) in [7, 11) is 0. The molecule has 2 N–H and O–H groups in total. The molecule has 1 saturated carbocycles. The number of carbonyl (C=O) groups excluding carboxylic acids is 1. The fraction of sp³-hybridized carbons (Fsp3) is 0.400. The molecule has 8 nitrogen and oxygen atoms in total. The molecule has 5 rings (SSSR count). The van der Waals surface area contributed by atoms with Gasteiger partial charge in [-0.15, -0.1) is 0 Å². The van der Waals surface area contributed by atoms with Crippen LogP contribution in [0.15, 0.2) is 46.0 Å². The van der Waals surface area contributed by atoms with Crippen LogP contribution in [0.1, 0.15) is 49.0 Å². The van der Waals surface area contributed by atoms with Crippen molar-refractivity contribution < 1.29 is 14.3 Å². The first-order valence-corrected chi connectivity index (χ1v) is 11.4. The van der Waals surface area contributed by atoms with Crippen molar-refractivity contribution in [3.05, 3.63) is 68.4 Å². The molecule has 0 spiro atoms. The summed E-state index contributed by atoms with van der Waals surface area (Å²) in [6.45, 7) is 4.65. The van der Waals surface area contributed by atoms with Crippen molar-refractivity contribution in [1.29, 1.82) is 0 Å². The Morgan fingerprint density at radius 3 is 2.76 bits per heavy atom. The van der Waals surface area contributed by atoms with E-state index in [0.717, 1.165) is 23.0 Å². The van der Waals surface area contributed by atoms with E-state index < -0.39 is 11.2 Å². The van der Waals surface area contributed by atoms with Gasteiger partial charge in [0.1, 0.15) is 0 Å². The standard InChI is InChI=1S/C25H27N3O5/c1-14-4-3-5-19(15(14)2)26-23(29)17-7-8-18-20(11-17)27-25(31)28(24(18)30)12-16-6-9-21-22(10-16)33-13-32-21/h6-11,14-15,19H,3-5,12-13H2,1-2H3,(H,26,29)(H,27,31). The van der Waals surface area contributed by atoms with Gasteiger partial charge in [0.25, 0.3) is 11.5 Å². The van der Waals surface area contributed by atoms with Gasteiger partial charge in [-0.3, -0.25) is 14.2 Å². The highest BCUT2D eigenvalue weighted by molar-refractivity contribution is 5.97. The number of aromatic amines is 1. The topological polar surface area (TPSA) is 102 Å². The Labute approximate surface area is 190 Å². The van der Waals surface area contributed by atoms with E-state index in [9.17, 15) is 14.4 Å². The maximum Gasteiger partial charge on any atom is 0.329 e. The number of carbonyl (C=O) groups is 1. The Kier molecular flexibility index (Phi) is 5.44. The monoisotopic (exact) mass is 449 g/mol. The van der Waals surface area contributed by atoms with Crippen molar-refractivity contribution in [3.8, 4) is 11.5 Å². The largest absolute Gasteiger partial charge is 0.454 e. The highest BCUT2D eigenvalue weighted by atomic mass is 16.7. The highest BCUT2D eigenvalue weighted by Crippen LogP contribution is 2.32. The Balaban J connectivity index is 1.41. The molecule has 0 bridgehead atoms. The normalized spacial score (nSPS) is 21.8. The summed E-state index contributed by atoms with van der Waals surface area (Å²) in [6, 6.07) is 10.3. The summed E-state index contributed by atoms with van der Waals surface area (Å²) >= 11 is 0. The zero-order valence-corrected chi connectivity index (χ0v) is 18.7. The van der Waals surface area contributed by atoms with Gasteiger partial charge in [-0.05, 0) is 54.2 Å². The fourth-order valence-electron chi connectivity index (χ4n) is 4.80. The molecule has 172 valence electrons. The van der Waals surface area contributed by atoms with Crippen LogP contribution in [-0.4, -0.2) is 28.3 Å². The summed E-state index contributed by atoms with van der Waals surface area (Å²) in [5.74, 6) is 2.02. The van der Waals surface area contributed by atoms with Crippen LogP contribution in [0.2, 0.25) is 0 Å². The van der Waals surface area contributed by atoms with Crippen molar-refractivity contribution in [2.75, 3.05) is 6.79 Å². The van der Waals surface area contributed by atoms with Crippen LogP contribution in [0.4, 0.5) is 0 Å². The molecule has 0 saturated heterocycles. The van der Waals surface area contributed by atoms with E-state index in [2.05, 4.69) is 24.1 Å². The Bertz CT molecular complexity index is 1340. The molecular weight excluding hydrogens is 422 g/mol. The number of fused-ring (bicyclic) bond motifs is 2. The summed E-state index contributed by atoms with van der Waals surface area (Å²) in [5, 5.41) is 3.49. The number of hydrogen-bond acceptors (Lipinski definition) is 5. The smallest absolute Gasteiger partial charge is 0.329 e. The number of H-pyrrole nitrogens is 1. The first-order chi connectivity index (χ1) is 15.9. The lowest BCUT2D eigenvalue weighted by Crippen LogP contribution is -2.43. The van der Waals surface area contributed by atoms with E-state index in [1.54, 1.807) is 36.4 Å². The predicted octanol–water partition coefficient (Wildman–Crippen LogP) is 3.02. The Hall–Kier alpha value is -3.55. The number of rotatable bonds is 4. The van der Waals surface area contributed by atoms with Gasteiger partial charge < -0.3 is 19.8 Å². The van der Waals surface area contributed by atoms with Crippen LogP contribution in [-0.2, 0) is 6.54 Å². The van der Waals surface area contributed by atoms with Crippen LogP contribution in [0.3, 0.4) is 0 Å². The summed E-state index contributed by atoms with van der Waals surface area (Å²) in [6.07, 6.45) is 3.25. The molecule has 8 heteroatoms. The lowest BCUT2D eigenvalue weighted by atomic mass is 9.78. The number of ether oxygens (including phenoxy) is 2. The van der Waals surface area contributed by atoms with E-state index in [1.807, 2.05) is 0 Å². The molecule has 1 aliphatic heterocycles. The molecule has 3 atom stereocenters. The highest BCUT2D eigenvalue weighted by Gasteiger charge is 2.28. The summed E-state index contributed by atoms with van der Waals surface area (Å²) < 4.78 is 11.8. The van der Waals surface area contributed by atoms with Gasteiger partial charge in [0.2, 0.25) is 6.79 Å². The molecule has 1 aliphatic carbocycles. The zero-order chi connectivity index (χ0) is 23.1. The maximum absolute atomic E-state index is 13.1. The molecule has 1 amide bonds. The number of amides is 1. The molecule has 3 unspecified atom stereocenters. The van der Waals surface area contributed by atoms with Crippen LogP contribution in [0, 0.1) is 11.8 Å². The Morgan fingerprint density at radius 2 is 1.91 bits per heavy atom. The first-order valence-electron chi connectivity index (χ1n) is 11.4. The minimum Gasteiger partial charge on any atom is -0.454 e. The third-order valence-electron chi connectivity index (χ3n) is 7.05. The number of nitrogens with one attached hydrogen (secondary N) is 2. The number of benzene rings is 2. The van der Waals surface area contributed by atoms with Crippen LogP contribution in [0.25, 0.3) is 10.9 Å². The van der Waals surface area contributed by atoms with E-state index in [1.165, 1.54) is 6.42 Å². The lowest BCUT2D eigenvalue weighted by molar-refractivity contribution is 0.0891. The van der Waals surface area contributed by atoms with Crippen molar-refractivity contribution in [2.45, 2.75) is 45.7 Å². The predicted molar refractivity (Wildman–Crippen MR) is 124 cm³/mol. The first kappa shape index (κ1) is 21.3. The van der Waals surface area contributed by atoms with Crippen LogP contribution < -0.4 is 26.0 Å². The van der Waals surface area contributed by atoms with Crippen LogP contribution >= 0.6 is 0 Å². The maximum atomic E-state index is 13.1. The molecule has 2 aromatic carbocycles. The summed E-state index contributed by atoms with van der Waals surface area (Å²) in [4.78, 5) is 41.4. The second kappa shape index (κ2) is 8.42. The molecule has 1 fully saturated rings. The SMILES string of the molecule is CC1CCCC(NC(=O)c2ccc3c(=O)n(Cc4ccc5c(c4)OCO5)c(=O)[nH]c3c2)C1C. The van der Waals surface area contributed by atoms with E-state index in [-0.39, 0.29) is 25.3 Å². The minimum atomic E-state index is -0.530. The average Bonchev–Trinajstić information content (AvgIpc) is 3.27. The number of nitrogens with zero attached hydrogens (tertiary/aromatic N) is 1. The minimum absolute atomic E-state index is 0.0980. The zero-order valence-electron chi connectivity index (χ0n) is 18.7. The van der Waals surface area contributed by atoms with Crippen LogP contribution in [0.5, 0.6) is 11.5 Å². The van der Waals surface area contributed by atoms with Crippen molar-refractivity contribution in [1.82, 2.24) is 14.9 Å². The molecule has 2 aliphatic rings. The third-order valence-corrected chi connectivity index (χ3v) is 7.05. The van der Waals surface area contributed by atoms with Gasteiger partial charge in [0.15, 0.2) is 11.5 Å². The quantitative estimate of drug-likeness (QED) is 0.638. The van der Waals surface area contributed by atoms with Gasteiger partial charge in [-0.2, -0.15) is 0 Å². The second-order valence-corrected chi connectivity index (χ2v) is 9.12. The summed E-state index contributed by atoms with van der Waals surface area (Å²) in [5.41, 5.74) is 0.588. The van der Waals surface area contributed by atoms with Crippen molar-refractivity contribution in [3.63, 3.8) is 0 Å². The average molecular weight is 450 g/mol. The van der Waals surface area contributed by atoms with Crippen molar-refractivity contribution >= 4 is 16.8 Å². The van der Waals surface area contributed by atoms with Gasteiger partial charge in [-0.1, -0.05) is 32.8 Å². The van der Waals surface area contributed by atoms with E-state index in [0.29, 0.717) is 39.8 Å². The lowest BCUT2D eigenvalue weighted by Gasteiger charge is -2.34. The van der Waals surface area contributed by atoms with Crippen molar-refractivity contribution in [2.24, 2.45) is 11.8 Å². The second-order valence-electron chi connectivity index (χ2n) is 9.12. The van der Waals surface area contributed by atoms with E-state index >= 15 is 0 Å². The molecule has 2 heterocycles. The molecule has 3 aromatic rings. The Morgan fingerprint density at radius 1 is 1.09 bits per heavy atom. The molecule has 1 aromatic heterocycles. The van der Waals surface area contributed by atoms with Gasteiger partial charge in [-0.25, -0.2) is 4.79 Å². The van der Waals surface area contributed by atoms with Gasteiger partial charge in [0.05, 0.1) is 17.4 Å². The third kappa shape index (κ3) is 4.01.